The fourth-order valence-electron chi connectivity index (χ4n) is 2.16. The molecule has 4 N–H and O–H groups in total. The summed E-state index contributed by atoms with van der Waals surface area (Å²) in [5.41, 5.74) is -0.00260. The van der Waals surface area contributed by atoms with Crippen LogP contribution in [0.15, 0.2) is 29.4 Å². The summed E-state index contributed by atoms with van der Waals surface area (Å²) in [7, 11) is 0. The van der Waals surface area contributed by atoms with E-state index in [4.69, 9.17) is 10.9 Å². The quantitative estimate of drug-likeness (QED) is 0.307. The molecule has 8 heteroatoms. The van der Waals surface area contributed by atoms with E-state index in [-0.39, 0.29) is 0 Å². The maximum absolute atomic E-state index is 12.3. The molecule has 1 aromatic carbocycles. The number of carbonyl (C=O) groups is 3. The van der Waals surface area contributed by atoms with Crippen LogP contribution >= 0.6 is 0 Å². The van der Waals surface area contributed by atoms with E-state index in [9.17, 15) is 14.4 Å². The molecule has 0 aliphatic carbocycles. The molecule has 1 aromatic rings. The highest BCUT2D eigenvalue weighted by molar-refractivity contribution is 6.08. The first kappa shape index (κ1) is 14.5. The number of rotatable bonds is 4. The van der Waals surface area contributed by atoms with Crippen molar-refractivity contribution in [3.63, 3.8) is 0 Å². The lowest BCUT2D eigenvalue weighted by Gasteiger charge is -2.22. The average molecular weight is 290 g/mol. The molecule has 1 aliphatic rings. The topological polar surface area (TPSA) is 125 Å². The maximum Gasteiger partial charge on any atom is 0.325 e. The molecule has 0 unspecified atom stereocenters. The third-order valence-corrected chi connectivity index (χ3v) is 3.28. The number of nitrogens with one attached hydrogen (secondary N) is 1. The zero-order chi connectivity index (χ0) is 15.6. The number of hydrogen-bond donors (Lipinski definition) is 3. The fourth-order valence-corrected chi connectivity index (χ4v) is 2.16. The Balaban J connectivity index is 2.32. The molecular formula is C13H14N4O4. The molecule has 0 radical (unpaired) electrons. The minimum absolute atomic E-state index is 0.544. The van der Waals surface area contributed by atoms with Crippen LogP contribution in [0.1, 0.15) is 18.1 Å². The molecule has 110 valence electrons. The van der Waals surface area contributed by atoms with Gasteiger partial charge in [0.2, 0.25) is 0 Å². The lowest BCUT2D eigenvalue weighted by Crippen LogP contribution is -2.41. The van der Waals surface area contributed by atoms with Gasteiger partial charge < -0.3 is 16.3 Å². The second-order valence-corrected chi connectivity index (χ2v) is 4.74. The Kier molecular flexibility index (Phi) is 3.62. The van der Waals surface area contributed by atoms with Gasteiger partial charge in [-0.1, -0.05) is 24.3 Å². The molecule has 1 saturated heterocycles. The summed E-state index contributed by atoms with van der Waals surface area (Å²) in [6, 6.07) is 5.96. The number of carboxylic acid groups (broad SMARTS) is 1. The summed E-state index contributed by atoms with van der Waals surface area (Å²) in [5.74, 6) is 3.19. The summed E-state index contributed by atoms with van der Waals surface area (Å²) < 4.78 is 0. The molecule has 1 fully saturated rings. The minimum Gasteiger partial charge on any atom is -0.480 e. The predicted molar refractivity (Wildman–Crippen MR) is 73.5 cm³/mol. The van der Waals surface area contributed by atoms with Crippen molar-refractivity contribution in [1.29, 1.82) is 0 Å². The third-order valence-electron chi connectivity index (χ3n) is 3.28. The molecule has 0 saturated carbocycles. The molecule has 8 nitrogen and oxygen atoms in total. The molecule has 3 amide bonds. The summed E-state index contributed by atoms with van der Waals surface area (Å²) >= 11 is 0. The predicted octanol–water partition coefficient (Wildman–Crippen LogP) is -0.169. The van der Waals surface area contributed by atoms with Gasteiger partial charge in [0.1, 0.15) is 12.1 Å². The van der Waals surface area contributed by atoms with Gasteiger partial charge in [-0.3, -0.25) is 14.5 Å². The van der Waals surface area contributed by atoms with Crippen LogP contribution < -0.4 is 11.2 Å². The van der Waals surface area contributed by atoms with Gasteiger partial charge >= 0.3 is 12.0 Å². The van der Waals surface area contributed by atoms with Crippen LogP contribution in [0.2, 0.25) is 0 Å². The highest BCUT2D eigenvalue weighted by atomic mass is 16.4. The summed E-state index contributed by atoms with van der Waals surface area (Å²) in [4.78, 5) is 35.5. The summed E-state index contributed by atoms with van der Waals surface area (Å²) in [6.45, 7) is 0.860. The van der Waals surface area contributed by atoms with Crippen molar-refractivity contribution in [3.05, 3.63) is 35.4 Å². The number of nitrogens with zero attached hydrogens (tertiary/aromatic N) is 2. The number of hydrogen-bond acceptors (Lipinski definition) is 5. The van der Waals surface area contributed by atoms with E-state index < -0.39 is 30.0 Å². The summed E-state index contributed by atoms with van der Waals surface area (Å²) in [5, 5.41) is 14.7. The van der Waals surface area contributed by atoms with Crippen LogP contribution in [-0.4, -0.2) is 40.7 Å². The molecule has 1 atom stereocenters. The Labute approximate surface area is 120 Å². The number of carboxylic acids is 1. The van der Waals surface area contributed by atoms with Crippen molar-refractivity contribution in [3.8, 4) is 0 Å². The molecule has 0 aromatic heterocycles. The van der Waals surface area contributed by atoms with Crippen LogP contribution in [0.25, 0.3) is 0 Å². The van der Waals surface area contributed by atoms with Crippen molar-refractivity contribution in [2.24, 2.45) is 10.9 Å². The van der Waals surface area contributed by atoms with Crippen LogP contribution in [0.4, 0.5) is 4.79 Å². The van der Waals surface area contributed by atoms with E-state index in [2.05, 4.69) is 10.4 Å². The Morgan fingerprint density at radius 1 is 1.43 bits per heavy atom. The fraction of sp³-hybridized carbons (Fsp3) is 0.231. The number of imide groups is 1. The zero-order valence-electron chi connectivity index (χ0n) is 11.2. The van der Waals surface area contributed by atoms with Gasteiger partial charge in [-0.2, -0.15) is 5.10 Å². The summed E-state index contributed by atoms with van der Waals surface area (Å²) in [6.07, 6.45) is 1.44. The molecular weight excluding hydrogens is 276 g/mol. The van der Waals surface area contributed by atoms with Crippen molar-refractivity contribution in [2.75, 3.05) is 6.54 Å². The second kappa shape index (κ2) is 5.23. The first-order chi connectivity index (χ1) is 9.88. The van der Waals surface area contributed by atoms with E-state index in [0.717, 1.165) is 5.56 Å². The van der Waals surface area contributed by atoms with Crippen molar-refractivity contribution >= 4 is 24.1 Å². The molecule has 1 heterocycles. The van der Waals surface area contributed by atoms with E-state index in [0.29, 0.717) is 10.5 Å². The van der Waals surface area contributed by atoms with Crippen LogP contribution in [0, 0.1) is 0 Å². The monoisotopic (exact) mass is 290 g/mol. The number of benzene rings is 1. The SMILES string of the molecule is C[C@@]1(c2ccc(C=NN)cc2)NC(=O)N(CC(=O)O)C1=O. The van der Waals surface area contributed by atoms with Crippen molar-refractivity contribution in [1.82, 2.24) is 10.2 Å². The van der Waals surface area contributed by atoms with Crippen molar-refractivity contribution in [2.45, 2.75) is 12.5 Å². The second-order valence-electron chi connectivity index (χ2n) is 4.74. The Bertz CT molecular complexity index is 626. The lowest BCUT2D eigenvalue weighted by atomic mass is 9.91. The third kappa shape index (κ3) is 2.55. The number of aliphatic carboxylic acids is 1. The highest BCUT2D eigenvalue weighted by Crippen LogP contribution is 2.28. The lowest BCUT2D eigenvalue weighted by molar-refractivity contribution is -0.142. The number of urea groups is 1. The van der Waals surface area contributed by atoms with Gasteiger partial charge in [0.05, 0.1) is 6.21 Å². The normalized spacial score (nSPS) is 21.9. The number of carbonyl (C=O) groups excluding carboxylic acids is 2. The standard InChI is InChI=1S/C13H14N4O4/c1-13(9-4-2-8(3-5-9)6-15-14)11(20)17(7-10(18)19)12(21)16-13/h2-6H,7,14H2,1H3,(H,16,21)(H,18,19)/t13-/m0/s1. The Hall–Kier alpha value is -2.90. The number of hydrazone groups is 1. The van der Waals surface area contributed by atoms with Gasteiger partial charge in [-0.05, 0) is 18.1 Å². The van der Waals surface area contributed by atoms with Gasteiger partial charge in [0, 0.05) is 0 Å². The number of nitrogens with two attached hydrogens (primary N) is 1. The zero-order valence-corrected chi connectivity index (χ0v) is 11.2. The first-order valence-corrected chi connectivity index (χ1v) is 6.08. The number of amides is 3. The smallest absolute Gasteiger partial charge is 0.325 e. The Morgan fingerprint density at radius 2 is 2.05 bits per heavy atom. The largest absolute Gasteiger partial charge is 0.480 e. The minimum atomic E-state index is -1.29. The average Bonchev–Trinajstić information content (AvgIpc) is 2.64. The van der Waals surface area contributed by atoms with Crippen LogP contribution in [0.3, 0.4) is 0 Å². The van der Waals surface area contributed by atoms with Gasteiger partial charge in [-0.15, -0.1) is 0 Å². The molecule has 2 rings (SSSR count). The van der Waals surface area contributed by atoms with Gasteiger partial charge in [-0.25, -0.2) is 4.79 Å². The molecule has 0 spiro atoms. The van der Waals surface area contributed by atoms with Gasteiger partial charge in [0.15, 0.2) is 0 Å². The van der Waals surface area contributed by atoms with E-state index in [1.54, 1.807) is 24.3 Å². The highest BCUT2D eigenvalue weighted by Gasteiger charge is 2.49. The van der Waals surface area contributed by atoms with Gasteiger partial charge in [0.25, 0.3) is 5.91 Å². The van der Waals surface area contributed by atoms with E-state index in [1.165, 1.54) is 13.1 Å². The van der Waals surface area contributed by atoms with Crippen LogP contribution in [-0.2, 0) is 15.1 Å². The molecule has 0 bridgehead atoms. The van der Waals surface area contributed by atoms with E-state index >= 15 is 0 Å². The maximum atomic E-state index is 12.3. The first-order valence-electron chi connectivity index (χ1n) is 6.08. The van der Waals surface area contributed by atoms with Crippen molar-refractivity contribution < 1.29 is 19.5 Å². The molecule has 21 heavy (non-hydrogen) atoms. The molecule has 1 aliphatic heterocycles. The van der Waals surface area contributed by atoms with E-state index in [1.807, 2.05) is 0 Å². The van der Waals surface area contributed by atoms with Crippen LogP contribution in [0.5, 0.6) is 0 Å². The Morgan fingerprint density at radius 3 is 2.57 bits per heavy atom.